The van der Waals surface area contributed by atoms with Gasteiger partial charge in [0.05, 0.1) is 32.9 Å². The zero-order chi connectivity index (χ0) is 24.2. The molecule has 0 aromatic heterocycles. The standard InChI is InChI=1S/C26H25ClN2O5/c1-32-22-14-16-11-12-29(26(31)28-18-8-6-7-17(13-18)25(30)34-3)24(20(16)15-23(22)33-2)19-9-4-5-10-21(19)27/h4-10,13-15,24H,11-12H2,1-3H3,(H,28,31). The molecule has 1 aliphatic rings. The first kappa shape index (κ1) is 23.4. The Bertz CT molecular complexity index is 1230. The summed E-state index contributed by atoms with van der Waals surface area (Å²) in [6.07, 6.45) is 0.631. The number of hydrogen-bond acceptors (Lipinski definition) is 5. The molecule has 0 fully saturated rings. The first-order valence-corrected chi connectivity index (χ1v) is 11.1. The number of carbonyl (C=O) groups is 2. The SMILES string of the molecule is COC(=O)c1cccc(NC(=O)N2CCc3cc(OC)c(OC)cc3C2c2ccccc2Cl)c1. The molecule has 7 nitrogen and oxygen atoms in total. The molecule has 0 saturated carbocycles. The van der Waals surface area contributed by atoms with Crippen molar-refractivity contribution in [1.29, 1.82) is 0 Å². The lowest BCUT2D eigenvalue weighted by atomic mass is 9.87. The lowest BCUT2D eigenvalue weighted by molar-refractivity contribution is 0.0600. The molecule has 3 aromatic carbocycles. The van der Waals surface area contributed by atoms with Crippen molar-refractivity contribution in [1.82, 2.24) is 4.90 Å². The van der Waals surface area contributed by atoms with Gasteiger partial charge in [-0.2, -0.15) is 0 Å². The van der Waals surface area contributed by atoms with Gasteiger partial charge in [0, 0.05) is 17.3 Å². The fraction of sp³-hybridized carbons (Fsp3) is 0.231. The van der Waals surface area contributed by atoms with Gasteiger partial charge in [0.2, 0.25) is 0 Å². The molecule has 0 radical (unpaired) electrons. The zero-order valence-corrected chi connectivity index (χ0v) is 19.9. The largest absolute Gasteiger partial charge is 0.493 e. The Morgan fingerprint density at radius 1 is 0.941 bits per heavy atom. The monoisotopic (exact) mass is 480 g/mol. The molecule has 0 aliphatic carbocycles. The van der Waals surface area contributed by atoms with Crippen LogP contribution in [0.2, 0.25) is 5.02 Å². The van der Waals surface area contributed by atoms with E-state index in [1.807, 2.05) is 36.4 Å². The maximum atomic E-state index is 13.5. The quantitative estimate of drug-likeness (QED) is 0.500. The van der Waals surface area contributed by atoms with Gasteiger partial charge in [0.1, 0.15) is 0 Å². The summed E-state index contributed by atoms with van der Waals surface area (Å²) < 4.78 is 15.8. The van der Waals surface area contributed by atoms with Gasteiger partial charge in [-0.3, -0.25) is 0 Å². The molecule has 0 spiro atoms. The molecule has 1 N–H and O–H groups in total. The highest BCUT2D eigenvalue weighted by Crippen LogP contribution is 2.42. The van der Waals surface area contributed by atoms with Crippen LogP contribution in [0.3, 0.4) is 0 Å². The van der Waals surface area contributed by atoms with Crippen LogP contribution in [0.15, 0.2) is 60.7 Å². The van der Waals surface area contributed by atoms with E-state index in [2.05, 4.69) is 5.32 Å². The summed E-state index contributed by atoms with van der Waals surface area (Å²) >= 11 is 6.59. The van der Waals surface area contributed by atoms with Gasteiger partial charge in [-0.15, -0.1) is 0 Å². The number of hydrogen-bond donors (Lipinski definition) is 1. The predicted octanol–water partition coefficient (Wildman–Crippen LogP) is 5.32. The van der Waals surface area contributed by atoms with Crippen molar-refractivity contribution in [2.45, 2.75) is 12.5 Å². The van der Waals surface area contributed by atoms with Crippen LogP contribution >= 0.6 is 11.6 Å². The first-order valence-electron chi connectivity index (χ1n) is 10.7. The second-order valence-corrected chi connectivity index (χ2v) is 8.18. The van der Waals surface area contributed by atoms with Crippen molar-refractivity contribution in [2.75, 3.05) is 33.2 Å². The Kier molecular flexibility index (Phi) is 6.93. The van der Waals surface area contributed by atoms with Crippen LogP contribution in [-0.4, -0.2) is 44.8 Å². The number of ether oxygens (including phenoxy) is 3. The van der Waals surface area contributed by atoms with E-state index in [1.165, 1.54) is 7.11 Å². The van der Waals surface area contributed by atoms with Gasteiger partial charge < -0.3 is 24.4 Å². The van der Waals surface area contributed by atoms with E-state index in [0.717, 1.165) is 16.7 Å². The van der Waals surface area contributed by atoms with E-state index in [9.17, 15) is 9.59 Å². The van der Waals surface area contributed by atoms with Gasteiger partial charge in [-0.05, 0) is 59.5 Å². The van der Waals surface area contributed by atoms with Crippen LogP contribution in [-0.2, 0) is 11.2 Å². The number of rotatable bonds is 5. The Morgan fingerprint density at radius 3 is 2.38 bits per heavy atom. The molecule has 1 heterocycles. The highest BCUT2D eigenvalue weighted by molar-refractivity contribution is 6.31. The predicted molar refractivity (Wildman–Crippen MR) is 130 cm³/mol. The molecule has 3 aromatic rings. The van der Waals surface area contributed by atoms with Crippen LogP contribution < -0.4 is 14.8 Å². The Labute approximate surface area is 203 Å². The highest BCUT2D eigenvalue weighted by atomic mass is 35.5. The third-order valence-corrected chi connectivity index (χ3v) is 6.21. The van der Waals surface area contributed by atoms with Crippen molar-refractivity contribution in [3.8, 4) is 11.5 Å². The van der Waals surface area contributed by atoms with E-state index < -0.39 is 12.0 Å². The Morgan fingerprint density at radius 2 is 1.68 bits per heavy atom. The number of nitrogens with zero attached hydrogens (tertiary/aromatic N) is 1. The molecule has 1 aliphatic heterocycles. The Hall–Kier alpha value is -3.71. The van der Waals surface area contributed by atoms with Gasteiger partial charge in [-0.25, -0.2) is 9.59 Å². The number of benzene rings is 3. The summed E-state index contributed by atoms with van der Waals surface area (Å²) in [5.41, 5.74) is 3.61. The van der Waals surface area contributed by atoms with Crippen LogP contribution in [0.1, 0.15) is 33.1 Å². The molecule has 1 atom stereocenters. The second-order valence-electron chi connectivity index (χ2n) is 7.78. The van der Waals surface area contributed by atoms with Crippen LogP contribution in [0.25, 0.3) is 0 Å². The molecule has 1 unspecified atom stereocenters. The number of urea groups is 1. The minimum atomic E-state index is -0.474. The van der Waals surface area contributed by atoms with Gasteiger partial charge in [-0.1, -0.05) is 35.9 Å². The normalized spacial score (nSPS) is 14.7. The van der Waals surface area contributed by atoms with Crippen LogP contribution in [0, 0.1) is 0 Å². The van der Waals surface area contributed by atoms with E-state index in [4.69, 9.17) is 25.8 Å². The molecular weight excluding hydrogens is 456 g/mol. The van der Waals surface area contributed by atoms with E-state index >= 15 is 0 Å². The van der Waals surface area contributed by atoms with Crippen molar-refractivity contribution >= 4 is 29.3 Å². The molecule has 4 rings (SSSR count). The maximum absolute atomic E-state index is 13.5. The Balaban J connectivity index is 1.74. The number of amides is 2. The van der Waals surface area contributed by atoms with Crippen molar-refractivity contribution in [3.05, 3.63) is 87.9 Å². The van der Waals surface area contributed by atoms with E-state index in [0.29, 0.717) is 40.7 Å². The number of nitrogens with one attached hydrogen (secondary N) is 1. The molecule has 0 bridgehead atoms. The van der Waals surface area contributed by atoms with Crippen molar-refractivity contribution in [3.63, 3.8) is 0 Å². The average Bonchev–Trinajstić information content (AvgIpc) is 2.87. The van der Waals surface area contributed by atoms with Crippen molar-refractivity contribution < 1.29 is 23.8 Å². The van der Waals surface area contributed by atoms with Gasteiger partial charge in [0.15, 0.2) is 11.5 Å². The van der Waals surface area contributed by atoms with Gasteiger partial charge >= 0.3 is 12.0 Å². The summed E-state index contributed by atoms with van der Waals surface area (Å²) in [5.74, 6) is 0.737. The number of methoxy groups -OCH3 is 3. The number of halogens is 1. The lowest BCUT2D eigenvalue weighted by Gasteiger charge is -2.38. The van der Waals surface area contributed by atoms with Gasteiger partial charge in [0.25, 0.3) is 0 Å². The summed E-state index contributed by atoms with van der Waals surface area (Å²) in [6, 6.07) is 17.2. The third-order valence-electron chi connectivity index (χ3n) is 5.87. The summed E-state index contributed by atoms with van der Waals surface area (Å²) in [7, 11) is 4.49. The fourth-order valence-electron chi connectivity index (χ4n) is 4.23. The minimum absolute atomic E-state index is 0.313. The summed E-state index contributed by atoms with van der Waals surface area (Å²) in [5, 5.41) is 3.47. The molecule has 34 heavy (non-hydrogen) atoms. The third kappa shape index (κ3) is 4.52. The molecule has 176 valence electrons. The second kappa shape index (κ2) is 10.1. The number of esters is 1. The molecular formula is C26H25ClN2O5. The summed E-state index contributed by atoms with van der Waals surface area (Å²) in [6.45, 7) is 0.459. The molecule has 8 heteroatoms. The topological polar surface area (TPSA) is 77.1 Å². The van der Waals surface area contributed by atoms with E-state index in [-0.39, 0.29) is 6.03 Å². The average molecular weight is 481 g/mol. The lowest BCUT2D eigenvalue weighted by Crippen LogP contribution is -2.43. The fourth-order valence-corrected chi connectivity index (χ4v) is 4.47. The van der Waals surface area contributed by atoms with Crippen molar-refractivity contribution in [2.24, 2.45) is 0 Å². The van der Waals surface area contributed by atoms with Crippen LogP contribution in [0.4, 0.5) is 10.5 Å². The molecule has 0 saturated heterocycles. The molecule has 2 amide bonds. The zero-order valence-electron chi connectivity index (χ0n) is 19.1. The highest BCUT2D eigenvalue weighted by Gasteiger charge is 2.34. The number of anilines is 1. The smallest absolute Gasteiger partial charge is 0.337 e. The number of carbonyl (C=O) groups excluding carboxylic acids is 2. The van der Waals surface area contributed by atoms with E-state index in [1.54, 1.807) is 43.4 Å². The maximum Gasteiger partial charge on any atom is 0.337 e. The first-order chi connectivity index (χ1) is 16.5. The van der Waals surface area contributed by atoms with Crippen LogP contribution in [0.5, 0.6) is 11.5 Å². The minimum Gasteiger partial charge on any atom is -0.493 e. The number of fused-ring (bicyclic) bond motifs is 1. The summed E-state index contributed by atoms with van der Waals surface area (Å²) in [4.78, 5) is 27.1.